The average molecular weight is 273 g/mol. The maximum absolute atomic E-state index is 6.00. The lowest BCUT2D eigenvalue weighted by Gasteiger charge is -2.14. The van der Waals surface area contributed by atoms with Crippen molar-refractivity contribution in [1.29, 1.82) is 0 Å². The Morgan fingerprint density at radius 2 is 2.16 bits per heavy atom. The molecule has 100 valence electrons. The first-order valence-electron chi connectivity index (χ1n) is 6.38. The van der Waals surface area contributed by atoms with Gasteiger partial charge in [-0.15, -0.1) is 0 Å². The number of H-pyrrole nitrogens is 1. The second kappa shape index (κ2) is 5.84. The highest BCUT2D eigenvalue weighted by Gasteiger charge is 2.09. The summed E-state index contributed by atoms with van der Waals surface area (Å²) in [5, 5.41) is 6.74. The number of nitrogens with zero attached hydrogens (tertiary/aromatic N) is 2. The molecule has 0 aliphatic heterocycles. The molecule has 5 heteroatoms. The van der Waals surface area contributed by atoms with E-state index in [-0.39, 0.29) is 0 Å². The van der Waals surface area contributed by atoms with Crippen LogP contribution in [0.5, 0.6) is 5.75 Å². The number of hydrogen-bond acceptors (Lipinski definition) is 3. The summed E-state index contributed by atoms with van der Waals surface area (Å²) in [4.78, 5) is 4.67. The molecule has 0 atom stereocenters. The molecule has 0 spiro atoms. The van der Waals surface area contributed by atoms with E-state index in [2.05, 4.69) is 41.3 Å². The van der Waals surface area contributed by atoms with Gasteiger partial charge in [-0.05, 0) is 38.6 Å². The van der Waals surface area contributed by atoms with E-state index in [0.717, 1.165) is 28.3 Å². The summed E-state index contributed by atoms with van der Waals surface area (Å²) in [6, 6.07) is 6.05. The summed E-state index contributed by atoms with van der Waals surface area (Å²) in [5.41, 5.74) is 3.94. The highest BCUT2D eigenvalue weighted by molar-refractivity contribution is 6.49. The molecular weight excluding hydrogens is 254 g/mol. The van der Waals surface area contributed by atoms with Gasteiger partial charge < -0.3 is 4.43 Å². The third-order valence-corrected chi connectivity index (χ3v) is 3.46. The summed E-state index contributed by atoms with van der Waals surface area (Å²) < 4.78 is 6.00. The predicted octanol–water partition coefficient (Wildman–Crippen LogP) is 3.22. The first kappa shape index (κ1) is 13.5. The Morgan fingerprint density at radius 1 is 1.37 bits per heavy atom. The second-order valence-electron chi connectivity index (χ2n) is 4.77. The van der Waals surface area contributed by atoms with Crippen LogP contribution in [0.4, 0.5) is 5.69 Å². The molecular formula is C14H19N3OSi. The molecule has 0 fully saturated rings. The summed E-state index contributed by atoms with van der Waals surface area (Å²) >= 11 is 0. The van der Waals surface area contributed by atoms with Crippen LogP contribution in [-0.2, 0) is 0 Å². The van der Waals surface area contributed by atoms with Gasteiger partial charge in [0, 0.05) is 17.5 Å². The van der Waals surface area contributed by atoms with Gasteiger partial charge in [-0.3, -0.25) is 5.10 Å². The van der Waals surface area contributed by atoms with Gasteiger partial charge >= 0.3 is 0 Å². The zero-order valence-corrected chi connectivity index (χ0v) is 12.9. The van der Waals surface area contributed by atoms with Crippen molar-refractivity contribution in [3.05, 3.63) is 41.7 Å². The van der Waals surface area contributed by atoms with Crippen LogP contribution in [0, 0.1) is 6.92 Å². The van der Waals surface area contributed by atoms with Crippen LogP contribution in [0.25, 0.3) is 0 Å². The van der Waals surface area contributed by atoms with Gasteiger partial charge in [-0.25, -0.2) is 4.99 Å². The van der Waals surface area contributed by atoms with Gasteiger partial charge in [0.2, 0.25) is 9.04 Å². The topological polar surface area (TPSA) is 50.3 Å². The van der Waals surface area contributed by atoms with Crippen LogP contribution < -0.4 is 4.43 Å². The van der Waals surface area contributed by atoms with Crippen LogP contribution in [0.2, 0.25) is 13.1 Å². The fourth-order valence-corrected chi connectivity index (χ4v) is 2.59. The van der Waals surface area contributed by atoms with Crippen LogP contribution in [-0.4, -0.2) is 24.9 Å². The molecule has 19 heavy (non-hydrogen) atoms. The lowest BCUT2D eigenvalue weighted by Crippen LogP contribution is -2.12. The van der Waals surface area contributed by atoms with Gasteiger partial charge in [-0.2, -0.15) is 5.10 Å². The van der Waals surface area contributed by atoms with Gasteiger partial charge in [-0.1, -0.05) is 12.1 Å². The minimum atomic E-state index is -1.15. The number of rotatable bonds is 4. The van der Waals surface area contributed by atoms with Crippen LogP contribution in [0.15, 0.2) is 35.6 Å². The molecule has 1 aromatic heterocycles. The van der Waals surface area contributed by atoms with Crippen molar-refractivity contribution in [3.8, 4) is 5.75 Å². The summed E-state index contributed by atoms with van der Waals surface area (Å²) in [5.74, 6) is 0.909. The van der Waals surface area contributed by atoms with Crippen molar-refractivity contribution in [2.45, 2.75) is 26.9 Å². The smallest absolute Gasteiger partial charge is 0.229 e. The fraction of sp³-hybridized carbons (Fsp3) is 0.286. The maximum atomic E-state index is 6.00. The monoisotopic (exact) mass is 273 g/mol. The second-order valence-corrected chi connectivity index (χ2v) is 7.11. The molecule has 0 aliphatic rings. The van der Waals surface area contributed by atoms with Crippen molar-refractivity contribution < 1.29 is 4.43 Å². The lowest BCUT2D eigenvalue weighted by atomic mass is 10.2. The minimum absolute atomic E-state index is 0.889. The zero-order chi connectivity index (χ0) is 13.8. The quantitative estimate of drug-likeness (QED) is 0.687. The standard InChI is InChI=1S/C14H19N3OSi/c1-10-6-5-7-13(14(10)18-19(3)4)17-11(2)12-8-15-16-9-12/h5-9,19H,1-4H3,(H,15,16). The average Bonchev–Trinajstić information content (AvgIpc) is 2.87. The molecule has 0 saturated heterocycles. The van der Waals surface area contributed by atoms with Crippen molar-refractivity contribution in [1.82, 2.24) is 10.2 Å². The van der Waals surface area contributed by atoms with E-state index < -0.39 is 9.04 Å². The molecule has 0 amide bonds. The fourth-order valence-electron chi connectivity index (χ4n) is 1.81. The van der Waals surface area contributed by atoms with E-state index in [1.807, 2.05) is 25.3 Å². The Morgan fingerprint density at radius 3 is 2.79 bits per heavy atom. The van der Waals surface area contributed by atoms with E-state index in [1.54, 1.807) is 6.20 Å². The normalized spacial score (nSPS) is 11.9. The number of aromatic nitrogens is 2. The minimum Gasteiger partial charge on any atom is -0.545 e. The molecule has 1 heterocycles. The molecule has 1 N–H and O–H groups in total. The summed E-state index contributed by atoms with van der Waals surface area (Å²) in [6.07, 6.45) is 3.61. The van der Waals surface area contributed by atoms with Gasteiger partial charge in [0.15, 0.2) is 0 Å². The van der Waals surface area contributed by atoms with E-state index in [4.69, 9.17) is 4.43 Å². The molecule has 0 bridgehead atoms. The van der Waals surface area contributed by atoms with Gasteiger partial charge in [0.05, 0.1) is 6.20 Å². The molecule has 1 aromatic carbocycles. The zero-order valence-electron chi connectivity index (χ0n) is 11.8. The number of nitrogens with one attached hydrogen (secondary N) is 1. The SMILES string of the molecule is CC(=Nc1cccc(C)c1O[SiH](C)C)c1cn[nH]c1. The molecule has 0 radical (unpaired) electrons. The Hall–Kier alpha value is -1.88. The van der Waals surface area contributed by atoms with Crippen molar-refractivity contribution in [2.24, 2.45) is 4.99 Å². The van der Waals surface area contributed by atoms with E-state index in [1.165, 1.54) is 0 Å². The highest BCUT2D eigenvalue weighted by Crippen LogP contribution is 2.32. The molecule has 4 nitrogen and oxygen atoms in total. The molecule has 2 rings (SSSR count). The first-order valence-corrected chi connectivity index (χ1v) is 9.16. The highest BCUT2D eigenvalue weighted by atomic mass is 28.3. The van der Waals surface area contributed by atoms with Crippen LogP contribution in [0.1, 0.15) is 18.1 Å². The van der Waals surface area contributed by atoms with Crippen LogP contribution >= 0.6 is 0 Å². The Kier molecular flexibility index (Phi) is 4.16. The van der Waals surface area contributed by atoms with Crippen LogP contribution in [0.3, 0.4) is 0 Å². The Labute approximate surface area is 115 Å². The number of aliphatic imine (C=N–C) groups is 1. The number of aryl methyl sites for hydroxylation is 1. The number of hydrogen-bond donors (Lipinski definition) is 1. The Balaban J connectivity index is 2.39. The predicted molar refractivity (Wildman–Crippen MR) is 81.1 cm³/mol. The molecule has 0 aliphatic carbocycles. The van der Waals surface area contributed by atoms with E-state index >= 15 is 0 Å². The number of benzene rings is 1. The van der Waals surface area contributed by atoms with E-state index in [0.29, 0.717) is 0 Å². The largest absolute Gasteiger partial charge is 0.545 e. The lowest BCUT2D eigenvalue weighted by molar-refractivity contribution is 0.577. The maximum Gasteiger partial charge on any atom is 0.229 e. The number of para-hydroxylation sites is 1. The third-order valence-electron chi connectivity index (χ3n) is 2.75. The molecule has 0 saturated carbocycles. The Bertz CT molecular complexity index is 576. The molecule has 2 aromatic rings. The van der Waals surface area contributed by atoms with Crippen molar-refractivity contribution in [2.75, 3.05) is 0 Å². The van der Waals surface area contributed by atoms with Gasteiger partial charge in [0.25, 0.3) is 0 Å². The number of aromatic amines is 1. The van der Waals surface area contributed by atoms with E-state index in [9.17, 15) is 0 Å². The third kappa shape index (κ3) is 3.32. The molecule has 0 unspecified atom stereocenters. The first-order chi connectivity index (χ1) is 9.08. The summed E-state index contributed by atoms with van der Waals surface area (Å²) in [6.45, 7) is 8.34. The van der Waals surface area contributed by atoms with Crippen molar-refractivity contribution in [3.63, 3.8) is 0 Å². The summed E-state index contributed by atoms with van der Waals surface area (Å²) in [7, 11) is -1.15. The van der Waals surface area contributed by atoms with Crippen molar-refractivity contribution >= 4 is 20.4 Å². The van der Waals surface area contributed by atoms with Gasteiger partial charge in [0.1, 0.15) is 11.4 Å².